The summed E-state index contributed by atoms with van der Waals surface area (Å²) in [5.41, 5.74) is -13.3. The highest BCUT2D eigenvalue weighted by atomic mass is 32.2. The van der Waals surface area contributed by atoms with Gasteiger partial charge in [0.25, 0.3) is 0 Å². The maximum absolute atomic E-state index is 15.9. The Labute approximate surface area is 386 Å². The van der Waals surface area contributed by atoms with Crippen LogP contribution in [0.1, 0.15) is 22.3 Å². The van der Waals surface area contributed by atoms with Crippen LogP contribution in [0.2, 0.25) is 0 Å². The first-order valence-electron chi connectivity index (χ1n) is 18.4. The van der Waals surface area contributed by atoms with Gasteiger partial charge in [-0.15, -0.1) is 22.7 Å². The Morgan fingerprint density at radius 2 is 0.386 bits per heavy atom. The number of benzene rings is 4. The van der Waals surface area contributed by atoms with Crippen molar-refractivity contribution in [3.05, 3.63) is 225 Å². The van der Waals surface area contributed by atoms with E-state index in [2.05, 4.69) is 0 Å². The third kappa shape index (κ3) is 6.86. The average Bonchev–Trinajstić information content (AvgIpc) is 4.17. The molecule has 3 aliphatic heterocycles. The molecule has 5 heterocycles. The lowest BCUT2D eigenvalue weighted by atomic mass is 10.0. The quantitative estimate of drug-likeness (QED) is 0.100. The molecule has 0 saturated heterocycles. The molecular formula is C44H8F20O2S4. The Balaban J connectivity index is 1.52. The second-order valence-electron chi connectivity index (χ2n) is 14.3. The minimum absolute atomic E-state index is 0.128. The molecule has 0 aliphatic carbocycles. The number of hydrogen-bond donors (Lipinski definition) is 0. The van der Waals surface area contributed by atoms with E-state index in [1.807, 2.05) is 0 Å². The van der Waals surface area contributed by atoms with Crippen LogP contribution in [0.5, 0.6) is 0 Å². The lowest BCUT2D eigenvalue weighted by Gasteiger charge is -2.17. The largest absolute Gasteiger partial charge is 0.249 e. The molecule has 0 unspecified atom stereocenters. The van der Waals surface area contributed by atoms with Crippen molar-refractivity contribution in [2.75, 3.05) is 0 Å². The summed E-state index contributed by atoms with van der Waals surface area (Å²) in [4.78, 5) is -4.63. The molecular weight excluding hydrogens is 1070 g/mol. The first-order valence-corrected chi connectivity index (χ1v) is 22.3. The minimum atomic E-state index is -3.42. The van der Waals surface area contributed by atoms with Crippen molar-refractivity contribution >= 4 is 66.6 Å². The summed E-state index contributed by atoms with van der Waals surface area (Å²) in [6, 6.07) is 2.36. The highest BCUT2D eigenvalue weighted by Gasteiger charge is 2.40. The smallest absolute Gasteiger partial charge is 0.200 e. The normalized spacial score (nSPS) is 20.0. The van der Waals surface area contributed by atoms with Gasteiger partial charge in [-0.2, -0.15) is 0 Å². The molecule has 3 aliphatic rings. The summed E-state index contributed by atoms with van der Waals surface area (Å²) < 4.78 is 331. The summed E-state index contributed by atoms with van der Waals surface area (Å²) in [6.07, 6.45) is 2.01. The number of thiophene rings is 2. The first-order chi connectivity index (χ1) is 32.9. The number of halogens is 20. The maximum atomic E-state index is 15.9. The van der Waals surface area contributed by atoms with Crippen LogP contribution < -0.4 is 18.1 Å². The van der Waals surface area contributed by atoms with Gasteiger partial charge in [0.15, 0.2) is 93.1 Å². The van der Waals surface area contributed by atoms with Gasteiger partial charge in [0, 0.05) is 40.4 Å². The summed E-state index contributed by atoms with van der Waals surface area (Å²) >= 11 is -0.256. The summed E-state index contributed by atoms with van der Waals surface area (Å²) in [5, 5.41) is 0. The lowest BCUT2D eigenvalue weighted by Crippen LogP contribution is -2.18. The average molecular weight is 1080 g/mol. The van der Waals surface area contributed by atoms with Crippen molar-refractivity contribution in [2.45, 2.75) is 0 Å². The van der Waals surface area contributed by atoms with Crippen LogP contribution in [0.25, 0.3) is 22.3 Å². The van der Waals surface area contributed by atoms with Gasteiger partial charge in [-0.05, 0) is 48.6 Å². The van der Waals surface area contributed by atoms with E-state index in [-0.39, 0.29) is 22.7 Å². The van der Waals surface area contributed by atoms with Crippen molar-refractivity contribution in [3.8, 4) is 0 Å². The van der Waals surface area contributed by atoms with Crippen LogP contribution in [-0.4, -0.2) is 8.42 Å². The van der Waals surface area contributed by atoms with Gasteiger partial charge < -0.3 is 0 Å². The molecule has 70 heavy (non-hydrogen) atoms. The topological polar surface area (TPSA) is 34.1 Å². The summed E-state index contributed by atoms with van der Waals surface area (Å²) in [7, 11) is -6.84. The zero-order valence-electron chi connectivity index (χ0n) is 32.6. The zero-order chi connectivity index (χ0) is 51.0. The summed E-state index contributed by atoms with van der Waals surface area (Å²) in [5.74, 6) is -53.9. The van der Waals surface area contributed by atoms with E-state index in [0.717, 1.165) is 0 Å². The van der Waals surface area contributed by atoms with Gasteiger partial charge in [0.1, 0.15) is 0 Å². The molecule has 0 amide bonds. The predicted octanol–water partition coefficient (Wildman–Crippen LogP) is 10.2. The Morgan fingerprint density at radius 1 is 0.243 bits per heavy atom. The fourth-order valence-corrected chi connectivity index (χ4v) is 12.8. The van der Waals surface area contributed by atoms with Crippen molar-refractivity contribution in [1.82, 2.24) is 0 Å². The second kappa shape index (κ2) is 17.2. The summed E-state index contributed by atoms with van der Waals surface area (Å²) in [6.45, 7) is 0. The van der Waals surface area contributed by atoms with Gasteiger partial charge in [0.2, 0.25) is 23.3 Å². The monoisotopic (exact) mass is 1080 g/mol. The molecule has 2 nitrogen and oxygen atoms in total. The third-order valence-corrected chi connectivity index (χ3v) is 15.8. The van der Waals surface area contributed by atoms with Gasteiger partial charge in [-0.1, -0.05) is 0 Å². The van der Waals surface area contributed by atoms with Crippen molar-refractivity contribution in [2.24, 2.45) is 0 Å². The van der Waals surface area contributed by atoms with E-state index in [0.29, 0.717) is 48.6 Å². The molecule has 0 fully saturated rings. The Bertz CT molecular complexity index is 3320. The highest BCUT2D eigenvalue weighted by molar-refractivity contribution is 7.94. The van der Waals surface area contributed by atoms with E-state index in [9.17, 15) is 26.0 Å². The zero-order valence-corrected chi connectivity index (χ0v) is 35.9. The molecule has 0 spiro atoms. The maximum Gasteiger partial charge on any atom is 0.200 e. The van der Waals surface area contributed by atoms with Gasteiger partial charge in [0.05, 0.1) is 63.5 Å². The highest BCUT2D eigenvalue weighted by Crippen LogP contribution is 2.44. The Hall–Kier alpha value is -6.38. The fraction of sp³-hybridized carbons (Fsp3) is 0. The molecule has 0 radical (unpaired) electrons. The number of allylic oxidation sites excluding steroid dienone is 8. The van der Waals surface area contributed by atoms with E-state index < -0.39 is 220 Å². The van der Waals surface area contributed by atoms with Crippen LogP contribution in [0, 0.1) is 116 Å². The van der Waals surface area contributed by atoms with Crippen molar-refractivity contribution < 1.29 is 96.2 Å². The standard InChI is InChI=1S/C44H8F20O2S4/c45-25-21(26(46)34(54)41(61)33(25)53)17-9-1-2-10(67-9)18(22-27(47)35(55)42(62)36(56)28(22)48)14-7-8-16(70(14)66)20(24-31(51)39(59)44(64)40(60)32(24)52)12-4-3-11(68-12)19(15-6-5-13(17)69(15)65)23-29(49)37(57)43(63)38(58)30(23)50/h1-8H/b17-9+,17-13?,18-10+,18-14?,19-11+,19-15?,20-12+,20-16?. The lowest BCUT2D eigenvalue weighted by molar-refractivity contribution is 0.376. The van der Waals surface area contributed by atoms with Crippen molar-refractivity contribution in [1.29, 1.82) is 0 Å². The van der Waals surface area contributed by atoms with Crippen molar-refractivity contribution in [3.63, 3.8) is 0 Å². The SMILES string of the molecule is O=S1C2=CC=C1/C(c1c(F)c(F)c(F)c(F)c1F)=c1/cc/c(s1)=C(\c1c(F)c(F)c(F)c(F)c1F)C1=CC=C(/C(c3c(F)c(F)c(F)c(F)c3F)=c3/cc/c(s3)=C/2c2c(F)c(F)c(F)c(F)c2F)S1=O. The number of rotatable bonds is 4. The third-order valence-electron chi connectivity index (χ3n) is 10.6. The van der Waals surface area contributed by atoms with Crippen LogP contribution in [-0.2, 0) is 21.6 Å². The molecule has 2 aromatic heterocycles. The number of fused-ring (bicyclic) bond motifs is 8. The van der Waals surface area contributed by atoms with Crippen LogP contribution in [0.15, 0.2) is 68.2 Å². The molecule has 26 heteroatoms. The fourth-order valence-electron chi connectivity index (χ4n) is 7.47. The molecule has 360 valence electrons. The van der Waals surface area contributed by atoms with E-state index in [4.69, 9.17) is 0 Å². The molecule has 0 saturated carbocycles. The van der Waals surface area contributed by atoms with Gasteiger partial charge >= 0.3 is 0 Å². The van der Waals surface area contributed by atoms with Gasteiger partial charge in [-0.3, -0.25) is 0 Å². The molecule has 6 aromatic rings. The van der Waals surface area contributed by atoms with E-state index in [1.54, 1.807) is 0 Å². The van der Waals surface area contributed by atoms with Crippen LogP contribution in [0.4, 0.5) is 87.8 Å². The Kier molecular flexibility index (Phi) is 11.9. The molecule has 0 N–H and O–H groups in total. The van der Waals surface area contributed by atoms with Crippen LogP contribution in [0.3, 0.4) is 0 Å². The van der Waals surface area contributed by atoms with E-state index in [1.165, 1.54) is 0 Å². The molecule has 9 rings (SSSR count). The molecule has 8 bridgehead atoms. The Morgan fingerprint density at radius 3 is 0.543 bits per heavy atom. The second-order valence-corrected chi connectivity index (χ2v) is 19.3. The van der Waals surface area contributed by atoms with E-state index >= 15 is 70.2 Å². The van der Waals surface area contributed by atoms with Gasteiger partial charge in [-0.25, -0.2) is 96.2 Å². The minimum Gasteiger partial charge on any atom is -0.249 e. The van der Waals surface area contributed by atoms with Crippen LogP contribution >= 0.6 is 22.7 Å². The number of hydrogen-bond acceptors (Lipinski definition) is 4. The predicted molar refractivity (Wildman–Crippen MR) is 211 cm³/mol. The molecule has 0 atom stereocenters. The first kappa shape index (κ1) is 48.6. The molecule has 4 aromatic carbocycles.